The number of carbonyl (C=O) groups excluding carboxylic acids is 1. The SMILES string of the molecule is COc1cc(C(=O)C2OC2c2ccc(Cl)cc2)c([N+](=O)[O-])cc1OC. The normalized spacial score (nSPS) is 18.5. The smallest absolute Gasteiger partial charge is 0.284 e. The van der Waals surface area contributed by atoms with E-state index in [-0.39, 0.29) is 22.7 Å². The summed E-state index contributed by atoms with van der Waals surface area (Å²) >= 11 is 5.84. The zero-order valence-electron chi connectivity index (χ0n) is 13.4. The Hall–Kier alpha value is -2.64. The van der Waals surface area contributed by atoms with Crippen LogP contribution in [0.5, 0.6) is 11.5 Å². The van der Waals surface area contributed by atoms with E-state index in [2.05, 4.69) is 0 Å². The maximum atomic E-state index is 12.7. The van der Waals surface area contributed by atoms with Crippen LogP contribution in [0.2, 0.25) is 5.02 Å². The number of hydrogen-bond acceptors (Lipinski definition) is 6. The predicted octanol–water partition coefficient (Wildman–Crippen LogP) is 3.59. The summed E-state index contributed by atoms with van der Waals surface area (Å²) in [4.78, 5) is 23.4. The molecule has 2 unspecified atom stereocenters. The Labute approximate surface area is 148 Å². The molecule has 0 amide bonds. The Kier molecular flexibility index (Phi) is 4.61. The molecule has 0 bridgehead atoms. The van der Waals surface area contributed by atoms with Gasteiger partial charge in [0.2, 0.25) is 5.78 Å². The summed E-state index contributed by atoms with van der Waals surface area (Å²) < 4.78 is 15.6. The summed E-state index contributed by atoms with van der Waals surface area (Å²) in [6.45, 7) is 0. The van der Waals surface area contributed by atoms with Crippen LogP contribution in [0, 0.1) is 10.1 Å². The van der Waals surface area contributed by atoms with E-state index in [1.807, 2.05) is 0 Å². The lowest BCUT2D eigenvalue weighted by Crippen LogP contribution is -2.11. The summed E-state index contributed by atoms with van der Waals surface area (Å²) in [5.74, 6) is -0.0653. The highest BCUT2D eigenvalue weighted by molar-refractivity contribution is 6.30. The predicted molar refractivity (Wildman–Crippen MR) is 89.6 cm³/mol. The van der Waals surface area contributed by atoms with Crippen LogP contribution in [0.3, 0.4) is 0 Å². The Morgan fingerprint density at radius 1 is 1.16 bits per heavy atom. The maximum Gasteiger partial charge on any atom is 0.284 e. The molecular formula is C17H14ClNO6. The Bertz CT molecular complexity index is 836. The Balaban J connectivity index is 1.92. The molecule has 0 spiro atoms. The molecule has 130 valence electrons. The number of rotatable bonds is 6. The van der Waals surface area contributed by atoms with Crippen molar-refractivity contribution >= 4 is 23.1 Å². The minimum Gasteiger partial charge on any atom is -0.493 e. The van der Waals surface area contributed by atoms with Gasteiger partial charge in [-0.25, -0.2) is 0 Å². The first-order chi connectivity index (χ1) is 12.0. The van der Waals surface area contributed by atoms with Crippen LogP contribution >= 0.6 is 11.6 Å². The van der Waals surface area contributed by atoms with E-state index >= 15 is 0 Å². The van der Waals surface area contributed by atoms with E-state index < -0.39 is 22.9 Å². The fourth-order valence-electron chi connectivity index (χ4n) is 2.59. The van der Waals surface area contributed by atoms with Crippen molar-refractivity contribution in [2.45, 2.75) is 12.2 Å². The van der Waals surface area contributed by atoms with Gasteiger partial charge in [0.25, 0.3) is 5.69 Å². The zero-order chi connectivity index (χ0) is 18.1. The molecule has 2 atom stereocenters. The van der Waals surface area contributed by atoms with E-state index in [0.717, 1.165) is 5.56 Å². The molecule has 0 saturated carbocycles. The molecule has 1 saturated heterocycles. The van der Waals surface area contributed by atoms with Crippen molar-refractivity contribution in [2.75, 3.05) is 14.2 Å². The van der Waals surface area contributed by atoms with Crippen LogP contribution in [0.15, 0.2) is 36.4 Å². The number of ketones is 1. The van der Waals surface area contributed by atoms with Crippen LogP contribution in [0.4, 0.5) is 5.69 Å². The number of methoxy groups -OCH3 is 2. The lowest BCUT2D eigenvalue weighted by atomic mass is 10.0. The molecule has 0 aliphatic carbocycles. The summed E-state index contributed by atoms with van der Waals surface area (Å²) in [6, 6.07) is 9.37. The molecule has 3 rings (SSSR count). The number of nitro groups is 1. The molecule has 2 aromatic rings. The number of carbonyl (C=O) groups is 1. The number of epoxide rings is 1. The number of benzene rings is 2. The number of ether oxygens (including phenoxy) is 3. The van der Waals surface area contributed by atoms with E-state index in [1.165, 1.54) is 26.4 Å². The first-order valence-electron chi connectivity index (χ1n) is 7.31. The quantitative estimate of drug-likeness (QED) is 0.337. The van der Waals surface area contributed by atoms with Crippen LogP contribution in [-0.2, 0) is 4.74 Å². The average molecular weight is 364 g/mol. The zero-order valence-corrected chi connectivity index (χ0v) is 14.1. The second-order valence-corrected chi connectivity index (χ2v) is 5.81. The van der Waals surface area contributed by atoms with Gasteiger partial charge in [0.15, 0.2) is 17.6 Å². The lowest BCUT2D eigenvalue weighted by molar-refractivity contribution is -0.385. The number of halogens is 1. The first kappa shape index (κ1) is 17.2. The fourth-order valence-corrected chi connectivity index (χ4v) is 2.71. The minimum absolute atomic E-state index is 0.0795. The van der Waals surface area contributed by atoms with Gasteiger partial charge in [-0.05, 0) is 17.7 Å². The topological polar surface area (TPSA) is 91.2 Å². The van der Waals surface area contributed by atoms with Crippen LogP contribution in [0.25, 0.3) is 0 Å². The van der Waals surface area contributed by atoms with Gasteiger partial charge in [-0.1, -0.05) is 23.7 Å². The highest BCUT2D eigenvalue weighted by Gasteiger charge is 2.48. The summed E-state index contributed by atoms with van der Waals surface area (Å²) in [5, 5.41) is 11.9. The van der Waals surface area contributed by atoms with Crippen molar-refractivity contribution in [1.82, 2.24) is 0 Å². The van der Waals surface area contributed by atoms with Gasteiger partial charge >= 0.3 is 0 Å². The van der Waals surface area contributed by atoms with Gasteiger partial charge in [-0.2, -0.15) is 0 Å². The monoisotopic (exact) mass is 363 g/mol. The van der Waals surface area contributed by atoms with Crippen molar-refractivity contribution in [3.63, 3.8) is 0 Å². The molecule has 2 aromatic carbocycles. The largest absolute Gasteiger partial charge is 0.493 e. The summed E-state index contributed by atoms with van der Waals surface area (Å²) in [7, 11) is 2.76. The molecule has 1 fully saturated rings. The van der Waals surface area contributed by atoms with Crippen LogP contribution in [-0.4, -0.2) is 31.0 Å². The lowest BCUT2D eigenvalue weighted by Gasteiger charge is -2.09. The van der Waals surface area contributed by atoms with Crippen molar-refractivity contribution in [3.05, 3.63) is 62.7 Å². The fraction of sp³-hybridized carbons (Fsp3) is 0.235. The van der Waals surface area contributed by atoms with Gasteiger partial charge in [0.1, 0.15) is 11.7 Å². The molecule has 8 heteroatoms. The average Bonchev–Trinajstić information content (AvgIpc) is 3.41. The Morgan fingerprint density at radius 2 is 1.76 bits per heavy atom. The number of nitrogens with zero attached hydrogens (tertiary/aromatic N) is 1. The van der Waals surface area contributed by atoms with E-state index in [9.17, 15) is 14.9 Å². The summed E-state index contributed by atoms with van der Waals surface area (Å²) in [6.07, 6.45) is -1.23. The minimum atomic E-state index is -0.780. The first-order valence-corrected chi connectivity index (χ1v) is 7.69. The van der Waals surface area contributed by atoms with Crippen LogP contribution < -0.4 is 9.47 Å². The van der Waals surface area contributed by atoms with Crippen molar-refractivity contribution in [3.8, 4) is 11.5 Å². The molecule has 0 radical (unpaired) electrons. The molecular weight excluding hydrogens is 350 g/mol. The highest BCUT2D eigenvalue weighted by atomic mass is 35.5. The standard InChI is InChI=1S/C17H14ClNO6/c1-23-13-7-11(12(19(21)22)8-14(13)24-2)15(20)17-16(25-17)9-3-5-10(18)6-4-9/h3-8,16-17H,1-2H3. The number of hydrogen-bond donors (Lipinski definition) is 0. The van der Waals surface area contributed by atoms with Crippen molar-refractivity contribution in [2.24, 2.45) is 0 Å². The summed E-state index contributed by atoms with van der Waals surface area (Å²) in [5.41, 5.74) is 0.350. The Morgan fingerprint density at radius 3 is 2.32 bits per heavy atom. The molecule has 1 aliphatic rings. The molecule has 0 N–H and O–H groups in total. The van der Waals surface area contributed by atoms with Crippen molar-refractivity contribution < 1.29 is 23.9 Å². The maximum absolute atomic E-state index is 12.7. The van der Waals surface area contributed by atoms with Crippen LogP contribution in [0.1, 0.15) is 22.0 Å². The third-order valence-electron chi connectivity index (χ3n) is 3.91. The van der Waals surface area contributed by atoms with E-state index in [0.29, 0.717) is 5.02 Å². The van der Waals surface area contributed by atoms with E-state index in [1.54, 1.807) is 24.3 Å². The third-order valence-corrected chi connectivity index (χ3v) is 4.16. The second-order valence-electron chi connectivity index (χ2n) is 5.37. The number of Topliss-reactive ketones (excluding diaryl/α,β-unsaturated/α-hetero) is 1. The van der Waals surface area contributed by atoms with Gasteiger partial charge < -0.3 is 14.2 Å². The van der Waals surface area contributed by atoms with Gasteiger partial charge in [-0.15, -0.1) is 0 Å². The van der Waals surface area contributed by atoms with Crippen molar-refractivity contribution in [1.29, 1.82) is 0 Å². The number of nitro benzene ring substituents is 1. The molecule has 1 heterocycles. The highest BCUT2D eigenvalue weighted by Crippen LogP contribution is 2.43. The van der Waals surface area contributed by atoms with Gasteiger partial charge in [0, 0.05) is 11.1 Å². The van der Waals surface area contributed by atoms with E-state index in [4.69, 9.17) is 25.8 Å². The second kappa shape index (κ2) is 6.70. The third kappa shape index (κ3) is 3.29. The molecule has 0 aromatic heterocycles. The molecule has 7 nitrogen and oxygen atoms in total. The van der Waals surface area contributed by atoms with Gasteiger partial charge in [0.05, 0.1) is 25.2 Å². The molecule has 25 heavy (non-hydrogen) atoms. The van der Waals surface area contributed by atoms with Gasteiger partial charge in [-0.3, -0.25) is 14.9 Å². The molecule has 1 aliphatic heterocycles.